The highest BCUT2D eigenvalue weighted by molar-refractivity contribution is 7.99. The average Bonchev–Trinajstić information content (AvgIpc) is 2.77. The highest BCUT2D eigenvalue weighted by Gasteiger charge is 2.33. The first-order chi connectivity index (χ1) is 15.4. The van der Waals surface area contributed by atoms with Crippen LogP contribution < -0.4 is 10.9 Å². The first-order valence-electron chi connectivity index (χ1n) is 9.77. The van der Waals surface area contributed by atoms with Crippen molar-refractivity contribution in [1.82, 2.24) is 14.6 Å². The minimum Gasteiger partial charge on any atom is -0.298 e. The van der Waals surface area contributed by atoms with Crippen LogP contribution in [-0.4, -0.2) is 32.8 Å². The molecule has 3 aromatic rings. The van der Waals surface area contributed by atoms with Crippen molar-refractivity contribution < 1.29 is 9.59 Å². The van der Waals surface area contributed by atoms with Gasteiger partial charge in [0, 0.05) is 28.0 Å². The predicted molar refractivity (Wildman–Crippen MR) is 130 cm³/mol. The number of hydrogen-bond donors (Lipinski definition) is 1. The monoisotopic (exact) mass is 461 g/mol. The molecule has 2 aromatic heterocycles. The molecule has 0 saturated carbocycles. The number of aryl methyl sites for hydroxylation is 1. The minimum atomic E-state index is -0.635. The van der Waals surface area contributed by atoms with Gasteiger partial charge in [0.25, 0.3) is 17.4 Å². The van der Waals surface area contributed by atoms with Gasteiger partial charge in [0.15, 0.2) is 5.11 Å². The van der Waals surface area contributed by atoms with Crippen LogP contribution in [0.5, 0.6) is 0 Å². The van der Waals surface area contributed by atoms with E-state index in [1.807, 2.05) is 55.5 Å². The molecule has 8 heteroatoms. The molecule has 1 saturated heterocycles. The van der Waals surface area contributed by atoms with Crippen LogP contribution in [0.15, 0.2) is 87.5 Å². The number of rotatable bonds is 5. The standard InChI is InChI=1S/C24H19N3O3S2/c1-3-11-26-23(30)19(21(28)25-24(26)31)13-18-20(32-17-7-5-4-6-8-17)12-16-10-9-15(2)14-27(16)22(18)29/h3-10,12-14H,1,11H2,2H3,(H,25,28,31). The van der Waals surface area contributed by atoms with Gasteiger partial charge in [0.05, 0.1) is 5.56 Å². The van der Waals surface area contributed by atoms with Gasteiger partial charge in [-0.25, -0.2) is 0 Å². The number of nitrogens with zero attached hydrogens (tertiary/aromatic N) is 2. The van der Waals surface area contributed by atoms with Gasteiger partial charge >= 0.3 is 0 Å². The Balaban J connectivity index is 1.92. The smallest absolute Gasteiger partial charge is 0.265 e. The minimum absolute atomic E-state index is 0.0155. The van der Waals surface area contributed by atoms with Gasteiger partial charge < -0.3 is 0 Å². The van der Waals surface area contributed by atoms with Crippen LogP contribution >= 0.6 is 24.0 Å². The fourth-order valence-electron chi connectivity index (χ4n) is 3.33. The van der Waals surface area contributed by atoms with Crippen LogP contribution in [-0.2, 0) is 9.59 Å². The number of thiocarbonyl (C=S) groups is 1. The van der Waals surface area contributed by atoms with Crippen molar-refractivity contribution in [3.8, 4) is 0 Å². The summed E-state index contributed by atoms with van der Waals surface area (Å²) in [4.78, 5) is 41.9. The van der Waals surface area contributed by atoms with Crippen molar-refractivity contribution in [2.75, 3.05) is 6.54 Å². The van der Waals surface area contributed by atoms with E-state index in [1.165, 1.54) is 33.2 Å². The molecule has 160 valence electrons. The predicted octanol–water partition coefficient (Wildman–Crippen LogP) is 3.57. The molecule has 0 bridgehead atoms. The van der Waals surface area contributed by atoms with E-state index in [9.17, 15) is 14.4 Å². The van der Waals surface area contributed by atoms with Gasteiger partial charge in [0.1, 0.15) is 5.57 Å². The molecule has 1 aliphatic heterocycles. The fraction of sp³-hybridized carbons (Fsp3) is 0.0833. The lowest BCUT2D eigenvalue weighted by atomic mass is 10.1. The number of pyridine rings is 2. The second-order valence-electron chi connectivity index (χ2n) is 7.17. The molecule has 0 spiro atoms. The first kappa shape index (κ1) is 21.7. The average molecular weight is 462 g/mol. The molecule has 1 N–H and O–H groups in total. The van der Waals surface area contributed by atoms with Crippen LogP contribution in [0.25, 0.3) is 11.6 Å². The van der Waals surface area contributed by atoms with Gasteiger partial charge in [-0.2, -0.15) is 0 Å². The summed E-state index contributed by atoms with van der Waals surface area (Å²) in [5, 5.41) is 2.53. The van der Waals surface area contributed by atoms with E-state index >= 15 is 0 Å². The quantitative estimate of drug-likeness (QED) is 0.272. The summed E-state index contributed by atoms with van der Waals surface area (Å²) in [5.41, 5.74) is 1.42. The lowest BCUT2D eigenvalue weighted by Gasteiger charge is -2.27. The first-order valence-corrected chi connectivity index (χ1v) is 11.0. The number of fused-ring (bicyclic) bond motifs is 1. The van der Waals surface area contributed by atoms with Gasteiger partial charge in [0.2, 0.25) is 0 Å². The maximum atomic E-state index is 13.5. The van der Waals surface area contributed by atoms with Gasteiger partial charge in [-0.15, -0.1) is 6.58 Å². The Bertz CT molecular complexity index is 1360. The summed E-state index contributed by atoms with van der Waals surface area (Å²) < 4.78 is 1.52. The highest BCUT2D eigenvalue weighted by Crippen LogP contribution is 2.31. The lowest BCUT2D eigenvalue weighted by molar-refractivity contribution is -0.128. The van der Waals surface area contributed by atoms with Gasteiger partial charge in [-0.05, 0) is 55.0 Å². The molecule has 0 aliphatic carbocycles. The SMILES string of the molecule is C=CCN1C(=O)C(=Cc2c(Sc3ccccc3)cc3ccc(C)cn3c2=O)C(=O)NC1=S. The van der Waals surface area contributed by atoms with Crippen molar-refractivity contribution in [3.63, 3.8) is 0 Å². The van der Waals surface area contributed by atoms with Crippen LogP contribution in [0.3, 0.4) is 0 Å². The number of carbonyl (C=O) groups is 2. The van der Waals surface area contributed by atoms with E-state index < -0.39 is 11.8 Å². The summed E-state index contributed by atoms with van der Waals surface area (Å²) in [6, 6.07) is 15.3. The van der Waals surface area contributed by atoms with Crippen LogP contribution in [0.2, 0.25) is 0 Å². The van der Waals surface area contributed by atoms with Crippen molar-refractivity contribution >= 4 is 52.5 Å². The summed E-state index contributed by atoms with van der Waals surface area (Å²) >= 11 is 6.50. The molecule has 0 atom stereocenters. The molecule has 4 rings (SSSR count). The maximum Gasteiger partial charge on any atom is 0.265 e. The second kappa shape index (κ2) is 8.94. The van der Waals surface area contributed by atoms with E-state index in [0.29, 0.717) is 4.90 Å². The number of aromatic nitrogens is 1. The number of amides is 2. The molecule has 1 fully saturated rings. The van der Waals surface area contributed by atoms with E-state index in [0.717, 1.165) is 16.0 Å². The summed E-state index contributed by atoms with van der Waals surface area (Å²) in [6.45, 7) is 5.67. The maximum absolute atomic E-state index is 13.5. The molecule has 32 heavy (non-hydrogen) atoms. The Morgan fingerprint density at radius 3 is 2.59 bits per heavy atom. The summed E-state index contributed by atoms with van der Waals surface area (Å²) in [6.07, 6.45) is 4.61. The zero-order valence-electron chi connectivity index (χ0n) is 17.2. The molecule has 0 unspecified atom stereocenters. The second-order valence-corrected chi connectivity index (χ2v) is 8.67. The van der Waals surface area contributed by atoms with Crippen LogP contribution in [0, 0.1) is 6.92 Å². The van der Waals surface area contributed by atoms with E-state index in [1.54, 1.807) is 6.20 Å². The third-order valence-corrected chi connectivity index (χ3v) is 6.27. The van der Waals surface area contributed by atoms with Crippen LogP contribution in [0.4, 0.5) is 0 Å². The largest absolute Gasteiger partial charge is 0.298 e. The molecule has 0 radical (unpaired) electrons. The molecule has 2 amide bonds. The van der Waals surface area contributed by atoms with E-state index in [4.69, 9.17) is 12.2 Å². The molecular formula is C24H19N3O3S2. The molecule has 6 nitrogen and oxygen atoms in total. The molecule has 1 aliphatic rings. The Morgan fingerprint density at radius 2 is 1.88 bits per heavy atom. The third kappa shape index (κ3) is 4.15. The topological polar surface area (TPSA) is 70.9 Å². The third-order valence-electron chi connectivity index (χ3n) is 4.88. The normalized spacial score (nSPS) is 15.3. The Kier molecular flexibility index (Phi) is 6.07. The van der Waals surface area contributed by atoms with Gasteiger partial charge in [-0.3, -0.25) is 29.0 Å². The number of carbonyl (C=O) groups excluding carboxylic acids is 2. The Labute approximate surface area is 194 Å². The van der Waals surface area contributed by atoms with Crippen molar-refractivity contribution in [2.24, 2.45) is 0 Å². The Morgan fingerprint density at radius 1 is 1.12 bits per heavy atom. The van der Waals surface area contributed by atoms with E-state index in [-0.39, 0.29) is 28.4 Å². The van der Waals surface area contributed by atoms with Crippen LogP contribution in [0.1, 0.15) is 11.1 Å². The molecule has 1 aromatic carbocycles. The molecule has 3 heterocycles. The summed E-state index contributed by atoms with van der Waals surface area (Å²) in [5.74, 6) is -1.20. The summed E-state index contributed by atoms with van der Waals surface area (Å²) in [7, 11) is 0. The number of benzene rings is 1. The zero-order valence-corrected chi connectivity index (χ0v) is 18.8. The number of nitrogens with one attached hydrogen (secondary N) is 1. The Hall–Kier alpha value is -3.49. The lowest BCUT2D eigenvalue weighted by Crippen LogP contribution is -2.53. The van der Waals surface area contributed by atoms with Gasteiger partial charge in [-0.1, -0.05) is 42.1 Å². The highest BCUT2D eigenvalue weighted by atomic mass is 32.2. The van der Waals surface area contributed by atoms with Crippen molar-refractivity contribution in [2.45, 2.75) is 16.7 Å². The molecular weight excluding hydrogens is 442 g/mol. The zero-order chi connectivity index (χ0) is 22.8. The number of hydrogen-bond acceptors (Lipinski definition) is 5. The van der Waals surface area contributed by atoms with E-state index in [2.05, 4.69) is 11.9 Å². The van der Waals surface area contributed by atoms with Crippen molar-refractivity contribution in [3.05, 3.63) is 94.4 Å². The fourth-order valence-corrected chi connectivity index (χ4v) is 4.56. The van der Waals surface area contributed by atoms with Crippen molar-refractivity contribution in [1.29, 1.82) is 0 Å².